The van der Waals surface area contributed by atoms with Gasteiger partial charge in [0.25, 0.3) is 5.91 Å². The second kappa shape index (κ2) is 7.03. The number of benzene rings is 1. The van der Waals surface area contributed by atoms with E-state index in [0.29, 0.717) is 29.9 Å². The number of hydrogen-bond acceptors (Lipinski definition) is 2. The highest BCUT2D eigenvalue weighted by molar-refractivity contribution is 14.1. The smallest absolute Gasteiger partial charge is 0.352 e. The number of alkyl halides is 3. The molecule has 0 saturated carbocycles. The first-order chi connectivity index (χ1) is 11.8. The molecule has 2 heterocycles. The molecule has 0 spiro atoms. The second-order valence-corrected chi connectivity index (χ2v) is 6.67. The van der Waals surface area contributed by atoms with Crippen molar-refractivity contribution in [2.45, 2.75) is 12.6 Å². The summed E-state index contributed by atoms with van der Waals surface area (Å²) < 4.78 is 40.5. The Morgan fingerprint density at radius 2 is 1.84 bits per heavy atom. The molecule has 2 aromatic heterocycles. The molecule has 0 aliphatic heterocycles. The molecule has 0 radical (unpaired) electrons. The first-order valence-electron chi connectivity index (χ1n) is 7.41. The molecule has 4 nitrogen and oxygen atoms in total. The van der Waals surface area contributed by atoms with Crippen molar-refractivity contribution in [1.82, 2.24) is 14.7 Å². The van der Waals surface area contributed by atoms with Crippen molar-refractivity contribution < 1.29 is 18.0 Å². The lowest BCUT2D eigenvalue weighted by Gasteiger charge is -2.05. The number of carbonyl (C=O) groups is 1. The zero-order valence-electron chi connectivity index (χ0n) is 12.8. The molecule has 0 unspecified atom stereocenters. The summed E-state index contributed by atoms with van der Waals surface area (Å²) >= 11 is 2.16. The van der Waals surface area contributed by atoms with Crippen LogP contribution in [-0.2, 0) is 12.6 Å². The van der Waals surface area contributed by atoms with E-state index >= 15 is 0 Å². The molecule has 8 heteroatoms. The van der Waals surface area contributed by atoms with Gasteiger partial charge in [-0.15, -0.1) is 0 Å². The van der Waals surface area contributed by atoms with Crippen LogP contribution in [0.3, 0.4) is 0 Å². The lowest BCUT2D eigenvalue weighted by Crippen LogP contribution is -2.25. The Morgan fingerprint density at radius 3 is 2.52 bits per heavy atom. The van der Waals surface area contributed by atoms with Crippen molar-refractivity contribution in [3.8, 4) is 0 Å². The van der Waals surface area contributed by atoms with E-state index in [9.17, 15) is 18.0 Å². The fourth-order valence-corrected chi connectivity index (χ4v) is 2.70. The minimum atomic E-state index is -4.39. The molecule has 1 N–H and O–H groups in total. The molecule has 0 saturated heterocycles. The van der Waals surface area contributed by atoms with Gasteiger partial charge in [-0.2, -0.15) is 13.2 Å². The molecule has 0 fully saturated rings. The van der Waals surface area contributed by atoms with Gasteiger partial charge in [0, 0.05) is 34.5 Å². The van der Waals surface area contributed by atoms with Crippen LogP contribution in [0.1, 0.15) is 21.6 Å². The number of pyridine rings is 1. The van der Waals surface area contributed by atoms with Crippen LogP contribution in [-0.4, -0.2) is 21.8 Å². The number of halogens is 4. The summed E-state index contributed by atoms with van der Waals surface area (Å²) in [5.74, 6) is -0.195. The third-order valence-corrected chi connectivity index (χ3v) is 4.32. The molecule has 0 bridgehead atoms. The fourth-order valence-electron chi connectivity index (χ4n) is 2.34. The van der Waals surface area contributed by atoms with Gasteiger partial charge in [0.1, 0.15) is 5.65 Å². The SMILES string of the molecule is O=C(NCCc1cn2cc(C(F)(F)F)ccc2n1)c1ccc(I)cc1. The van der Waals surface area contributed by atoms with Crippen LogP contribution in [0.5, 0.6) is 0 Å². The standard InChI is InChI=1S/C17H13F3IN3O/c18-17(19,20)12-3-6-15-23-14(10-24(15)9-12)7-8-22-16(25)11-1-4-13(21)5-2-11/h1-6,9-10H,7-8H2,(H,22,25). The Kier molecular flexibility index (Phi) is 4.98. The Morgan fingerprint density at radius 1 is 1.12 bits per heavy atom. The molecule has 25 heavy (non-hydrogen) atoms. The molecule has 130 valence electrons. The first-order valence-corrected chi connectivity index (χ1v) is 8.49. The van der Waals surface area contributed by atoms with Gasteiger partial charge in [0.15, 0.2) is 0 Å². The minimum absolute atomic E-state index is 0.195. The van der Waals surface area contributed by atoms with Crippen molar-refractivity contribution in [2.75, 3.05) is 6.54 Å². The van der Waals surface area contributed by atoms with E-state index in [2.05, 4.69) is 32.9 Å². The van der Waals surface area contributed by atoms with Crippen LogP contribution in [0, 0.1) is 3.57 Å². The van der Waals surface area contributed by atoms with E-state index in [1.807, 2.05) is 12.1 Å². The van der Waals surface area contributed by atoms with Gasteiger partial charge in [0.05, 0.1) is 11.3 Å². The van der Waals surface area contributed by atoms with Crippen molar-refractivity contribution in [3.63, 3.8) is 0 Å². The van der Waals surface area contributed by atoms with Crippen LogP contribution in [0.15, 0.2) is 48.8 Å². The van der Waals surface area contributed by atoms with Crippen LogP contribution < -0.4 is 5.32 Å². The zero-order chi connectivity index (χ0) is 18.0. The second-order valence-electron chi connectivity index (χ2n) is 5.43. The number of amides is 1. The van der Waals surface area contributed by atoms with E-state index in [1.54, 1.807) is 18.3 Å². The maximum absolute atomic E-state index is 12.7. The molecule has 1 amide bonds. The normalized spacial score (nSPS) is 11.7. The predicted molar refractivity (Wildman–Crippen MR) is 95.4 cm³/mol. The van der Waals surface area contributed by atoms with E-state index in [4.69, 9.17) is 0 Å². The molecule has 0 aliphatic carbocycles. The van der Waals surface area contributed by atoms with Gasteiger partial charge in [-0.05, 0) is 59.0 Å². The molecule has 0 aliphatic rings. The van der Waals surface area contributed by atoms with E-state index in [1.165, 1.54) is 10.5 Å². The Balaban J connectivity index is 1.63. The molecule has 3 aromatic rings. The first kappa shape index (κ1) is 17.7. The summed E-state index contributed by atoms with van der Waals surface area (Å²) in [6.45, 7) is 0.348. The average molecular weight is 459 g/mol. The highest BCUT2D eigenvalue weighted by atomic mass is 127. The van der Waals surface area contributed by atoms with Crippen molar-refractivity contribution in [3.05, 3.63) is 69.2 Å². The van der Waals surface area contributed by atoms with Crippen LogP contribution in [0.4, 0.5) is 13.2 Å². The number of hydrogen-bond donors (Lipinski definition) is 1. The highest BCUT2D eigenvalue weighted by Gasteiger charge is 2.30. The van der Waals surface area contributed by atoms with Crippen LogP contribution in [0.25, 0.3) is 5.65 Å². The van der Waals surface area contributed by atoms with Gasteiger partial charge < -0.3 is 9.72 Å². The maximum atomic E-state index is 12.7. The number of carbonyl (C=O) groups excluding carboxylic acids is 1. The number of fused-ring (bicyclic) bond motifs is 1. The van der Waals surface area contributed by atoms with Gasteiger partial charge >= 0.3 is 6.18 Å². The zero-order valence-corrected chi connectivity index (χ0v) is 15.0. The van der Waals surface area contributed by atoms with E-state index < -0.39 is 11.7 Å². The van der Waals surface area contributed by atoms with E-state index in [-0.39, 0.29) is 5.91 Å². The molecule has 3 rings (SSSR count). The number of nitrogens with zero attached hydrogens (tertiary/aromatic N) is 2. The van der Waals surface area contributed by atoms with Crippen molar-refractivity contribution in [1.29, 1.82) is 0 Å². The van der Waals surface area contributed by atoms with Gasteiger partial charge in [-0.1, -0.05) is 0 Å². The van der Waals surface area contributed by atoms with Gasteiger partial charge in [-0.25, -0.2) is 4.98 Å². The molecule has 0 atom stereocenters. The third-order valence-electron chi connectivity index (χ3n) is 3.60. The quantitative estimate of drug-likeness (QED) is 0.602. The third kappa shape index (κ3) is 4.30. The molecular formula is C17H13F3IN3O. The lowest BCUT2D eigenvalue weighted by molar-refractivity contribution is -0.137. The Labute approximate surface area is 155 Å². The number of rotatable bonds is 4. The van der Waals surface area contributed by atoms with E-state index in [0.717, 1.165) is 15.8 Å². The average Bonchev–Trinajstić information content (AvgIpc) is 2.96. The monoisotopic (exact) mass is 459 g/mol. The highest BCUT2D eigenvalue weighted by Crippen LogP contribution is 2.29. The minimum Gasteiger partial charge on any atom is -0.352 e. The van der Waals surface area contributed by atoms with Gasteiger partial charge in [-0.3, -0.25) is 4.79 Å². The molecule has 1 aromatic carbocycles. The largest absolute Gasteiger partial charge is 0.417 e. The summed E-state index contributed by atoms with van der Waals surface area (Å²) in [6.07, 6.45) is -1.41. The van der Waals surface area contributed by atoms with Crippen molar-refractivity contribution >= 4 is 34.1 Å². The number of aromatic nitrogens is 2. The fraction of sp³-hybridized carbons (Fsp3) is 0.176. The molecular weight excluding hydrogens is 446 g/mol. The Hall–Kier alpha value is -2.10. The van der Waals surface area contributed by atoms with Gasteiger partial charge in [0.2, 0.25) is 0 Å². The summed E-state index contributed by atoms with van der Waals surface area (Å²) in [6, 6.07) is 9.49. The predicted octanol–water partition coefficient (Wildman–Crippen LogP) is 3.93. The summed E-state index contributed by atoms with van der Waals surface area (Å²) in [7, 11) is 0. The van der Waals surface area contributed by atoms with Crippen LogP contribution >= 0.6 is 22.6 Å². The number of nitrogens with one attached hydrogen (secondary N) is 1. The Bertz CT molecular complexity index is 904. The topological polar surface area (TPSA) is 46.4 Å². The lowest BCUT2D eigenvalue weighted by atomic mass is 10.2. The summed E-state index contributed by atoms with van der Waals surface area (Å²) in [4.78, 5) is 16.3. The maximum Gasteiger partial charge on any atom is 0.417 e. The summed E-state index contributed by atoms with van der Waals surface area (Å²) in [5.41, 5.74) is 0.885. The van der Waals surface area contributed by atoms with Crippen LogP contribution in [0.2, 0.25) is 0 Å². The summed E-state index contributed by atoms with van der Waals surface area (Å²) in [5, 5.41) is 2.78. The van der Waals surface area contributed by atoms with Crippen molar-refractivity contribution in [2.24, 2.45) is 0 Å². The number of imidazole rings is 1.